The molecule has 0 radical (unpaired) electrons. The van der Waals surface area contributed by atoms with Crippen LogP contribution in [0.1, 0.15) is 17.9 Å². The van der Waals surface area contributed by atoms with E-state index in [1.54, 1.807) is 18.2 Å². The van der Waals surface area contributed by atoms with Crippen LogP contribution in [0.3, 0.4) is 0 Å². The SMILES string of the molecule is NCC(C(=O)O)c1ccccc1OC1CCOC1. The van der Waals surface area contributed by atoms with Crippen molar-refractivity contribution in [1.29, 1.82) is 0 Å². The summed E-state index contributed by atoms with van der Waals surface area (Å²) in [6.45, 7) is 1.29. The maximum absolute atomic E-state index is 11.2. The number of rotatable bonds is 5. The summed E-state index contributed by atoms with van der Waals surface area (Å²) >= 11 is 0. The molecule has 98 valence electrons. The van der Waals surface area contributed by atoms with E-state index >= 15 is 0 Å². The number of hydrogen-bond donors (Lipinski definition) is 2. The number of carboxylic acid groups (broad SMARTS) is 1. The highest BCUT2D eigenvalue weighted by Gasteiger charge is 2.24. The highest BCUT2D eigenvalue weighted by molar-refractivity contribution is 5.77. The van der Waals surface area contributed by atoms with Crippen molar-refractivity contribution in [3.05, 3.63) is 29.8 Å². The van der Waals surface area contributed by atoms with Gasteiger partial charge in [-0.05, 0) is 6.07 Å². The van der Waals surface area contributed by atoms with Gasteiger partial charge in [-0.2, -0.15) is 0 Å². The molecule has 1 saturated heterocycles. The topological polar surface area (TPSA) is 81.8 Å². The summed E-state index contributed by atoms with van der Waals surface area (Å²) in [5.41, 5.74) is 6.15. The predicted octanol–water partition coefficient (Wildman–Crippen LogP) is 0.981. The minimum atomic E-state index is -0.934. The lowest BCUT2D eigenvalue weighted by Crippen LogP contribution is -2.23. The Morgan fingerprint density at radius 2 is 2.33 bits per heavy atom. The van der Waals surface area contributed by atoms with E-state index in [9.17, 15) is 4.79 Å². The number of ether oxygens (including phenoxy) is 2. The first-order valence-electron chi connectivity index (χ1n) is 5.98. The molecule has 1 heterocycles. The van der Waals surface area contributed by atoms with Gasteiger partial charge in [-0.1, -0.05) is 18.2 Å². The monoisotopic (exact) mass is 251 g/mol. The average Bonchev–Trinajstić information content (AvgIpc) is 2.84. The molecule has 0 bridgehead atoms. The third kappa shape index (κ3) is 2.80. The molecule has 5 heteroatoms. The van der Waals surface area contributed by atoms with Crippen LogP contribution in [0, 0.1) is 0 Å². The molecule has 0 saturated carbocycles. The van der Waals surface area contributed by atoms with Crippen molar-refractivity contribution in [2.75, 3.05) is 19.8 Å². The number of benzene rings is 1. The fraction of sp³-hybridized carbons (Fsp3) is 0.462. The first kappa shape index (κ1) is 12.9. The lowest BCUT2D eigenvalue weighted by atomic mass is 9.98. The minimum absolute atomic E-state index is 0.00151. The standard InChI is InChI=1S/C13H17NO4/c14-7-11(13(15)16)10-3-1-2-4-12(10)18-9-5-6-17-8-9/h1-4,9,11H,5-8,14H2,(H,15,16). The van der Waals surface area contributed by atoms with Crippen molar-refractivity contribution >= 4 is 5.97 Å². The normalized spacial score (nSPS) is 20.6. The van der Waals surface area contributed by atoms with Crippen LogP contribution in [0.4, 0.5) is 0 Å². The summed E-state index contributed by atoms with van der Waals surface area (Å²) in [5, 5.41) is 9.15. The summed E-state index contributed by atoms with van der Waals surface area (Å²) in [4.78, 5) is 11.2. The van der Waals surface area contributed by atoms with Crippen LogP contribution in [0.2, 0.25) is 0 Å². The molecule has 0 amide bonds. The molecule has 0 aromatic heterocycles. The Balaban J connectivity index is 2.20. The Labute approximate surface area is 106 Å². The molecule has 1 aliphatic rings. The number of nitrogens with two attached hydrogens (primary N) is 1. The van der Waals surface area contributed by atoms with E-state index in [0.29, 0.717) is 24.5 Å². The van der Waals surface area contributed by atoms with E-state index < -0.39 is 11.9 Å². The van der Waals surface area contributed by atoms with Crippen LogP contribution < -0.4 is 10.5 Å². The van der Waals surface area contributed by atoms with Crippen molar-refractivity contribution in [2.45, 2.75) is 18.4 Å². The zero-order chi connectivity index (χ0) is 13.0. The van der Waals surface area contributed by atoms with E-state index in [2.05, 4.69) is 0 Å². The quantitative estimate of drug-likeness (QED) is 0.815. The molecule has 1 aromatic rings. The molecular formula is C13H17NO4. The van der Waals surface area contributed by atoms with Crippen molar-refractivity contribution < 1.29 is 19.4 Å². The minimum Gasteiger partial charge on any atom is -0.488 e. The lowest BCUT2D eigenvalue weighted by molar-refractivity contribution is -0.138. The molecule has 0 spiro atoms. The van der Waals surface area contributed by atoms with Crippen LogP contribution >= 0.6 is 0 Å². The van der Waals surface area contributed by atoms with Crippen LogP contribution in [0.5, 0.6) is 5.75 Å². The summed E-state index contributed by atoms with van der Waals surface area (Å²) in [6.07, 6.45) is 0.827. The van der Waals surface area contributed by atoms with Gasteiger partial charge >= 0.3 is 5.97 Å². The van der Waals surface area contributed by atoms with E-state index in [-0.39, 0.29) is 12.6 Å². The Kier molecular flexibility index (Phi) is 4.17. The zero-order valence-electron chi connectivity index (χ0n) is 10.0. The van der Waals surface area contributed by atoms with Gasteiger partial charge in [-0.25, -0.2) is 0 Å². The van der Waals surface area contributed by atoms with Gasteiger partial charge in [0.05, 0.1) is 19.1 Å². The molecule has 1 fully saturated rings. The first-order valence-corrected chi connectivity index (χ1v) is 5.98. The number of aliphatic carboxylic acids is 1. The van der Waals surface area contributed by atoms with Gasteiger partial charge in [-0.15, -0.1) is 0 Å². The Bertz CT molecular complexity index is 415. The van der Waals surface area contributed by atoms with Crippen LogP contribution in [0.25, 0.3) is 0 Å². The second-order valence-corrected chi connectivity index (χ2v) is 4.27. The fourth-order valence-corrected chi connectivity index (χ4v) is 2.02. The summed E-state index contributed by atoms with van der Waals surface area (Å²) in [5.74, 6) is -1.08. The van der Waals surface area contributed by atoms with Gasteiger partial charge in [-0.3, -0.25) is 4.79 Å². The van der Waals surface area contributed by atoms with Gasteiger partial charge < -0.3 is 20.3 Å². The van der Waals surface area contributed by atoms with Gasteiger partial charge in [0.2, 0.25) is 0 Å². The van der Waals surface area contributed by atoms with E-state index in [0.717, 1.165) is 6.42 Å². The second kappa shape index (κ2) is 5.84. The van der Waals surface area contributed by atoms with Crippen molar-refractivity contribution in [1.82, 2.24) is 0 Å². The number of carbonyl (C=O) groups is 1. The van der Waals surface area contributed by atoms with E-state index in [1.807, 2.05) is 6.07 Å². The first-order chi connectivity index (χ1) is 8.72. The molecular weight excluding hydrogens is 234 g/mol. The second-order valence-electron chi connectivity index (χ2n) is 4.27. The number of para-hydroxylation sites is 1. The number of hydrogen-bond acceptors (Lipinski definition) is 4. The summed E-state index contributed by atoms with van der Waals surface area (Å²) < 4.78 is 11.0. The van der Waals surface area contributed by atoms with Gasteiger partial charge in [0.1, 0.15) is 11.9 Å². The Morgan fingerprint density at radius 1 is 1.56 bits per heavy atom. The highest BCUT2D eigenvalue weighted by atomic mass is 16.5. The van der Waals surface area contributed by atoms with Gasteiger partial charge in [0.15, 0.2) is 0 Å². The smallest absolute Gasteiger partial charge is 0.312 e. The fourth-order valence-electron chi connectivity index (χ4n) is 2.02. The van der Waals surface area contributed by atoms with E-state index in [1.165, 1.54) is 0 Å². The zero-order valence-corrected chi connectivity index (χ0v) is 10.0. The predicted molar refractivity (Wildman–Crippen MR) is 65.7 cm³/mol. The highest BCUT2D eigenvalue weighted by Crippen LogP contribution is 2.28. The third-order valence-corrected chi connectivity index (χ3v) is 3.01. The maximum Gasteiger partial charge on any atom is 0.312 e. The molecule has 2 atom stereocenters. The van der Waals surface area contributed by atoms with Crippen LogP contribution in [0.15, 0.2) is 24.3 Å². The van der Waals surface area contributed by atoms with Gasteiger partial charge in [0.25, 0.3) is 0 Å². The number of carboxylic acids is 1. The van der Waals surface area contributed by atoms with E-state index in [4.69, 9.17) is 20.3 Å². The Hall–Kier alpha value is -1.59. The Morgan fingerprint density at radius 3 is 2.94 bits per heavy atom. The average molecular weight is 251 g/mol. The van der Waals surface area contributed by atoms with Crippen molar-refractivity contribution in [2.24, 2.45) is 5.73 Å². The lowest BCUT2D eigenvalue weighted by Gasteiger charge is -2.18. The molecule has 18 heavy (non-hydrogen) atoms. The molecule has 5 nitrogen and oxygen atoms in total. The molecule has 1 aromatic carbocycles. The molecule has 2 rings (SSSR count). The largest absolute Gasteiger partial charge is 0.488 e. The van der Waals surface area contributed by atoms with Crippen LogP contribution in [-0.2, 0) is 9.53 Å². The molecule has 2 unspecified atom stereocenters. The van der Waals surface area contributed by atoms with Crippen molar-refractivity contribution in [3.8, 4) is 5.75 Å². The molecule has 0 aliphatic carbocycles. The molecule has 3 N–H and O–H groups in total. The third-order valence-electron chi connectivity index (χ3n) is 3.01. The van der Waals surface area contributed by atoms with Crippen molar-refractivity contribution in [3.63, 3.8) is 0 Å². The van der Waals surface area contributed by atoms with Crippen LogP contribution in [-0.4, -0.2) is 36.9 Å². The molecule has 1 aliphatic heterocycles. The summed E-state index contributed by atoms with van der Waals surface area (Å²) in [7, 11) is 0. The maximum atomic E-state index is 11.2. The van der Waals surface area contributed by atoms with Gasteiger partial charge in [0, 0.05) is 18.5 Å². The summed E-state index contributed by atoms with van der Waals surface area (Å²) in [6, 6.07) is 7.14.